The minimum absolute atomic E-state index is 0. The van der Waals surface area contributed by atoms with Gasteiger partial charge in [-0.25, -0.2) is 9.78 Å². The third-order valence-corrected chi connectivity index (χ3v) is 8.18. The molecule has 0 amide bonds. The van der Waals surface area contributed by atoms with Crippen LogP contribution in [0.2, 0.25) is 0 Å². The van der Waals surface area contributed by atoms with Gasteiger partial charge >= 0.3 is 57.1 Å². The third kappa shape index (κ3) is 7.65. The zero-order chi connectivity index (χ0) is 30.6. The molecule has 1 aliphatic rings. The van der Waals surface area contributed by atoms with Crippen LogP contribution in [0.15, 0.2) is 86.9 Å². The van der Waals surface area contributed by atoms with Crippen molar-refractivity contribution in [3.05, 3.63) is 116 Å². The summed E-state index contributed by atoms with van der Waals surface area (Å²) in [6.45, 7) is 3.96. The Morgan fingerprint density at radius 1 is 1.00 bits per heavy atom. The number of aromatic nitrogens is 4. The number of aromatic amines is 1. The number of nitrogens with one attached hydrogen (secondary N) is 1. The van der Waals surface area contributed by atoms with Crippen molar-refractivity contribution >= 4 is 51.4 Å². The number of nitrogens with zero attached hydrogens (tertiary/aromatic N) is 3. The number of ether oxygens (including phenoxy) is 1. The first-order valence-electron chi connectivity index (χ1n) is 15.2. The van der Waals surface area contributed by atoms with Crippen molar-refractivity contribution in [2.75, 3.05) is 0 Å². The number of aryl methyl sites for hydroxylation is 2. The van der Waals surface area contributed by atoms with E-state index in [-0.39, 0.29) is 69.2 Å². The molecule has 0 spiro atoms. The summed E-state index contributed by atoms with van der Waals surface area (Å²) in [5.74, 6) is 1.14. The Morgan fingerprint density at radius 3 is 2.40 bits per heavy atom. The number of hydrogen-bond donors (Lipinski definition) is 2. The van der Waals surface area contributed by atoms with Gasteiger partial charge in [0.1, 0.15) is 17.7 Å². The summed E-state index contributed by atoms with van der Waals surface area (Å²) in [5, 5.41) is 13.8. The van der Waals surface area contributed by atoms with Crippen LogP contribution in [-0.4, -0.2) is 88.4 Å². The Kier molecular flexibility index (Phi) is 11.1. The van der Waals surface area contributed by atoms with Gasteiger partial charge in [-0.15, -0.1) is 0 Å². The molecule has 0 radical (unpaired) electrons. The molecule has 10 heteroatoms. The van der Waals surface area contributed by atoms with Crippen molar-refractivity contribution in [3.8, 4) is 34.0 Å². The summed E-state index contributed by atoms with van der Waals surface area (Å²) in [6.07, 6.45) is 5.10. The first kappa shape index (κ1) is 33.2. The quantitative estimate of drug-likeness (QED) is 0.216. The van der Waals surface area contributed by atoms with E-state index >= 15 is 0 Å². The van der Waals surface area contributed by atoms with Crippen LogP contribution in [0.3, 0.4) is 0 Å². The van der Waals surface area contributed by atoms with Crippen molar-refractivity contribution in [1.82, 2.24) is 19.7 Å². The molecule has 0 aliphatic heterocycles. The number of benzene rings is 3. The van der Waals surface area contributed by atoms with Gasteiger partial charge in [0.05, 0.1) is 17.5 Å². The maximum atomic E-state index is 14.0. The summed E-state index contributed by atoms with van der Waals surface area (Å²) in [4.78, 5) is 33.1. The van der Waals surface area contributed by atoms with Gasteiger partial charge in [0.2, 0.25) is 0 Å². The predicted octanol–water partition coefficient (Wildman–Crippen LogP) is 5.13. The average molecular weight is 633 g/mol. The van der Waals surface area contributed by atoms with Crippen LogP contribution >= 0.6 is 0 Å². The second kappa shape index (κ2) is 15.0. The summed E-state index contributed by atoms with van der Waals surface area (Å²) in [5.41, 5.74) is 5.77. The number of hydrogen-bond acceptors (Lipinski definition) is 7. The van der Waals surface area contributed by atoms with Crippen molar-refractivity contribution in [3.63, 3.8) is 0 Å². The fourth-order valence-corrected chi connectivity index (χ4v) is 6.03. The topological polar surface area (TPSA) is 123 Å². The van der Waals surface area contributed by atoms with Crippen LogP contribution in [0.25, 0.3) is 28.2 Å². The number of aliphatic hydroxyl groups is 1. The average Bonchev–Trinajstić information content (AvgIpc) is 3.46. The van der Waals surface area contributed by atoms with Crippen LogP contribution < -0.4 is 16.1 Å². The molecule has 9 nitrogen and oxygen atoms in total. The van der Waals surface area contributed by atoms with E-state index in [0.29, 0.717) is 36.5 Å². The molecular formula is C35H37KN4O5. The molecule has 2 heterocycles. The van der Waals surface area contributed by atoms with E-state index in [9.17, 15) is 14.7 Å². The molecule has 0 saturated heterocycles. The van der Waals surface area contributed by atoms with E-state index in [2.05, 4.69) is 17.1 Å². The van der Waals surface area contributed by atoms with E-state index in [1.54, 1.807) is 4.57 Å². The second-order valence-corrected chi connectivity index (χ2v) is 11.4. The van der Waals surface area contributed by atoms with Crippen molar-refractivity contribution in [1.29, 1.82) is 0 Å². The molecule has 1 fully saturated rings. The van der Waals surface area contributed by atoms with E-state index < -0.39 is 5.76 Å². The molecule has 2 N–H and O–H groups in total. The Morgan fingerprint density at radius 2 is 1.73 bits per heavy atom. The molecule has 5 aromatic rings. The Bertz CT molecular complexity index is 1860. The number of H-pyrrole nitrogens is 1. The van der Waals surface area contributed by atoms with Gasteiger partial charge in [0.25, 0.3) is 5.56 Å². The molecule has 2 aromatic heterocycles. The predicted molar refractivity (Wildman–Crippen MR) is 175 cm³/mol. The first-order valence-corrected chi connectivity index (χ1v) is 15.2. The fourth-order valence-electron chi connectivity index (χ4n) is 6.03. The van der Waals surface area contributed by atoms with Gasteiger partial charge in [-0.2, -0.15) is 0 Å². The normalized spacial score (nSPS) is 16.2. The minimum atomic E-state index is -0.602. The standard InChI is InChI=1S/C35H36N4O5.K.H/c1-3-7-32-31(20-23-12-14-24(15-13-23)29-10-4-5-11-30(29)33-37-35(42)44-38-33)34(41)39(22(2)36-32)25-16-18-27(19-17-25)43-28-9-6-8-26(40)21-28;;/h4-5,10-19,26,28,40H,3,6-9,20-21H2,1-2H3,(H,37,38,42);;. The molecule has 0 bridgehead atoms. The number of aliphatic hydroxyl groups excluding tert-OH is 1. The van der Waals surface area contributed by atoms with E-state index in [1.165, 1.54) is 0 Å². The summed E-state index contributed by atoms with van der Waals surface area (Å²) in [6, 6.07) is 23.3. The fraction of sp³-hybridized carbons (Fsp3) is 0.314. The van der Waals surface area contributed by atoms with Crippen LogP contribution in [-0.2, 0) is 12.8 Å². The van der Waals surface area contributed by atoms with Gasteiger partial charge in [-0.3, -0.25) is 18.9 Å². The van der Waals surface area contributed by atoms with Crippen LogP contribution in [0, 0.1) is 6.92 Å². The Balaban J connectivity index is 0.00000400. The van der Waals surface area contributed by atoms with E-state index in [4.69, 9.17) is 14.2 Å². The van der Waals surface area contributed by atoms with Gasteiger partial charge in [0.15, 0.2) is 5.82 Å². The first-order chi connectivity index (χ1) is 21.4. The van der Waals surface area contributed by atoms with Crippen molar-refractivity contribution in [2.45, 2.75) is 71.0 Å². The van der Waals surface area contributed by atoms with Gasteiger partial charge in [-0.1, -0.05) is 67.0 Å². The molecule has 6 rings (SSSR count). The van der Waals surface area contributed by atoms with Gasteiger partial charge < -0.3 is 9.84 Å². The maximum absolute atomic E-state index is 14.0. The van der Waals surface area contributed by atoms with E-state index in [0.717, 1.165) is 65.1 Å². The summed E-state index contributed by atoms with van der Waals surface area (Å²) in [7, 11) is 0. The third-order valence-electron chi connectivity index (χ3n) is 8.18. The molecule has 1 saturated carbocycles. The Hall–Kier alpha value is -3.12. The molecule has 2 atom stereocenters. The van der Waals surface area contributed by atoms with Gasteiger partial charge in [0, 0.05) is 24.0 Å². The molecular weight excluding hydrogens is 596 g/mol. The van der Waals surface area contributed by atoms with Crippen molar-refractivity contribution in [2.24, 2.45) is 0 Å². The zero-order valence-corrected chi connectivity index (χ0v) is 25.0. The summed E-state index contributed by atoms with van der Waals surface area (Å²) < 4.78 is 12.5. The SMILES string of the molecule is CCCc1nc(C)n(-c2ccc(OC3CCCC(O)C3)cc2)c(=O)c1Cc1ccc(-c2ccccc2-c2noc(=O)[nH]2)cc1.[KH]. The van der Waals surface area contributed by atoms with Crippen LogP contribution in [0.4, 0.5) is 0 Å². The molecule has 228 valence electrons. The second-order valence-electron chi connectivity index (χ2n) is 11.4. The molecule has 45 heavy (non-hydrogen) atoms. The monoisotopic (exact) mass is 632 g/mol. The molecule has 2 unspecified atom stereocenters. The van der Waals surface area contributed by atoms with Crippen LogP contribution in [0.1, 0.15) is 61.7 Å². The molecule has 3 aromatic carbocycles. The Labute approximate surface area is 304 Å². The van der Waals surface area contributed by atoms with Crippen LogP contribution in [0.5, 0.6) is 5.75 Å². The van der Waals surface area contributed by atoms with E-state index in [1.807, 2.05) is 79.7 Å². The number of rotatable bonds is 9. The van der Waals surface area contributed by atoms with Gasteiger partial charge in [-0.05, 0) is 73.6 Å². The zero-order valence-electron chi connectivity index (χ0n) is 25.0. The summed E-state index contributed by atoms with van der Waals surface area (Å²) >= 11 is 0. The van der Waals surface area contributed by atoms with Crippen molar-refractivity contribution < 1.29 is 14.4 Å². The molecule has 1 aliphatic carbocycles.